The van der Waals surface area contributed by atoms with Crippen molar-refractivity contribution >= 4 is 17.8 Å². The second-order valence-electron chi connectivity index (χ2n) is 7.26. The van der Waals surface area contributed by atoms with E-state index in [0.29, 0.717) is 22.0 Å². The van der Waals surface area contributed by atoms with Gasteiger partial charge in [0.1, 0.15) is 5.75 Å². The van der Waals surface area contributed by atoms with Crippen LogP contribution in [-0.4, -0.2) is 62.5 Å². The van der Waals surface area contributed by atoms with E-state index in [1.54, 1.807) is 28.8 Å². The van der Waals surface area contributed by atoms with Gasteiger partial charge in [0.15, 0.2) is 11.5 Å². The standard InChI is InChI=1S/C22H22F3N3O6/c1-32-15-6-4-5-14(12-15)18(29)26-21(22(23,24)25)19(30)28(20(31)27-21)10-9-13-7-8-16(33-2)17(11-13)34-3/h4-8,11-12H,9-10H2,1-3H3,(H,26,29)(H,27,31)/t21-/m1/s1. The number of nitrogens with zero attached hydrogens (tertiary/aromatic N) is 1. The lowest BCUT2D eigenvalue weighted by Gasteiger charge is -2.30. The van der Waals surface area contributed by atoms with Crippen molar-refractivity contribution in [3.8, 4) is 17.2 Å². The fourth-order valence-corrected chi connectivity index (χ4v) is 3.41. The Bertz CT molecular complexity index is 1110. The van der Waals surface area contributed by atoms with E-state index in [9.17, 15) is 27.6 Å². The number of carbonyl (C=O) groups excluding carboxylic acids is 3. The molecule has 2 aromatic rings. The minimum absolute atomic E-state index is 0.0390. The monoisotopic (exact) mass is 481 g/mol. The number of rotatable bonds is 8. The van der Waals surface area contributed by atoms with Crippen LogP contribution in [0.4, 0.5) is 18.0 Å². The predicted molar refractivity (Wildman–Crippen MR) is 113 cm³/mol. The Morgan fingerprint density at radius 3 is 2.35 bits per heavy atom. The first kappa shape index (κ1) is 24.7. The van der Waals surface area contributed by atoms with E-state index in [0.717, 1.165) is 0 Å². The molecule has 0 aromatic heterocycles. The molecule has 0 aliphatic carbocycles. The molecule has 2 N–H and O–H groups in total. The van der Waals surface area contributed by atoms with E-state index < -0.39 is 29.7 Å². The molecule has 1 saturated heterocycles. The van der Waals surface area contributed by atoms with Crippen molar-refractivity contribution in [1.82, 2.24) is 15.5 Å². The molecule has 34 heavy (non-hydrogen) atoms. The average molecular weight is 481 g/mol. The number of imide groups is 1. The second kappa shape index (κ2) is 9.49. The van der Waals surface area contributed by atoms with Crippen LogP contribution < -0.4 is 24.8 Å². The molecule has 3 rings (SSSR count). The van der Waals surface area contributed by atoms with Crippen LogP contribution >= 0.6 is 0 Å². The van der Waals surface area contributed by atoms with Crippen molar-refractivity contribution in [2.24, 2.45) is 0 Å². The van der Waals surface area contributed by atoms with E-state index in [2.05, 4.69) is 0 Å². The van der Waals surface area contributed by atoms with Crippen molar-refractivity contribution in [3.63, 3.8) is 0 Å². The molecule has 4 amide bonds. The topological polar surface area (TPSA) is 106 Å². The van der Waals surface area contributed by atoms with Gasteiger partial charge in [-0.2, -0.15) is 13.2 Å². The third-order valence-corrected chi connectivity index (χ3v) is 5.24. The normalized spacial score (nSPS) is 17.9. The number of hydrogen-bond acceptors (Lipinski definition) is 6. The smallest absolute Gasteiger partial charge is 0.440 e. The molecule has 0 spiro atoms. The van der Waals surface area contributed by atoms with Crippen LogP contribution in [0.3, 0.4) is 0 Å². The summed E-state index contributed by atoms with van der Waals surface area (Å²) in [5, 5.41) is 3.28. The van der Waals surface area contributed by atoms with Gasteiger partial charge in [0.05, 0.1) is 21.3 Å². The Hall–Kier alpha value is -3.96. The lowest BCUT2D eigenvalue weighted by molar-refractivity contribution is -0.200. The van der Waals surface area contributed by atoms with Crippen molar-refractivity contribution in [3.05, 3.63) is 53.6 Å². The number of ether oxygens (including phenoxy) is 3. The number of nitrogens with one attached hydrogen (secondary N) is 2. The van der Waals surface area contributed by atoms with Gasteiger partial charge >= 0.3 is 12.2 Å². The molecule has 1 fully saturated rings. The number of alkyl halides is 3. The maximum absolute atomic E-state index is 14.0. The highest BCUT2D eigenvalue weighted by molar-refractivity contribution is 6.10. The number of halogens is 3. The fourth-order valence-electron chi connectivity index (χ4n) is 3.41. The summed E-state index contributed by atoms with van der Waals surface area (Å²) < 4.78 is 57.4. The summed E-state index contributed by atoms with van der Waals surface area (Å²) in [6.07, 6.45) is -5.27. The van der Waals surface area contributed by atoms with Crippen LogP contribution in [-0.2, 0) is 11.2 Å². The van der Waals surface area contributed by atoms with Gasteiger partial charge in [0, 0.05) is 12.1 Å². The number of hydrogen-bond donors (Lipinski definition) is 2. The van der Waals surface area contributed by atoms with Crippen molar-refractivity contribution < 1.29 is 41.8 Å². The highest BCUT2D eigenvalue weighted by Gasteiger charge is 2.68. The van der Waals surface area contributed by atoms with Gasteiger partial charge in [0.25, 0.3) is 17.5 Å². The molecule has 2 aromatic carbocycles. The average Bonchev–Trinajstić information content (AvgIpc) is 3.06. The highest BCUT2D eigenvalue weighted by atomic mass is 19.4. The van der Waals surface area contributed by atoms with Gasteiger partial charge in [-0.25, -0.2) is 4.79 Å². The van der Waals surface area contributed by atoms with Crippen LogP contribution in [0.5, 0.6) is 17.2 Å². The van der Waals surface area contributed by atoms with E-state index in [1.165, 1.54) is 45.6 Å². The van der Waals surface area contributed by atoms with Crippen molar-refractivity contribution in [2.75, 3.05) is 27.9 Å². The summed E-state index contributed by atoms with van der Waals surface area (Å²) in [5.74, 6) is -1.80. The van der Waals surface area contributed by atoms with Gasteiger partial charge in [-0.15, -0.1) is 0 Å². The molecule has 182 valence electrons. The zero-order valence-corrected chi connectivity index (χ0v) is 18.5. The molecule has 0 saturated carbocycles. The van der Waals surface area contributed by atoms with Gasteiger partial charge < -0.3 is 19.5 Å². The summed E-state index contributed by atoms with van der Waals surface area (Å²) in [5.41, 5.74) is -3.21. The Morgan fingerprint density at radius 1 is 1.03 bits per heavy atom. The summed E-state index contributed by atoms with van der Waals surface area (Å²) in [7, 11) is 4.19. The minimum atomic E-state index is -5.31. The van der Waals surface area contributed by atoms with Crippen molar-refractivity contribution in [2.45, 2.75) is 18.3 Å². The third kappa shape index (κ3) is 4.56. The number of carbonyl (C=O) groups is 3. The maximum atomic E-state index is 14.0. The van der Waals surface area contributed by atoms with Crippen molar-refractivity contribution in [1.29, 1.82) is 0 Å². The first-order valence-electron chi connectivity index (χ1n) is 9.94. The molecular formula is C22H22F3N3O6. The van der Waals surface area contributed by atoms with Crippen LogP contribution in [0.25, 0.3) is 0 Å². The molecule has 0 radical (unpaired) electrons. The van der Waals surface area contributed by atoms with Crippen LogP contribution in [0.2, 0.25) is 0 Å². The Balaban J connectivity index is 1.83. The zero-order chi connectivity index (χ0) is 25.1. The molecule has 1 heterocycles. The summed E-state index contributed by atoms with van der Waals surface area (Å²) in [4.78, 5) is 38.2. The molecule has 9 nitrogen and oxygen atoms in total. The molecule has 1 aliphatic rings. The SMILES string of the molecule is COc1cccc(C(=O)N[C@@]2(C(F)(F)F)NC(=O)N(CCc3ccc(OC)c(OC)c3)C2=O)c1. The van der Waals surface area contributed by atoms with E-state index >= 15 is 0 Å². The lowest BCUT2D eigenvalue weighted by atomic mass is 10.1. The fraction of sp³-hybridized carbons (Fsp3) is 0.318. The maximum Gasteiger partial charge on any atom is 0.440 e. The zero-order valence-electron chi connectivity index (χ0n) is 18.5. The van der Waals surface area contributed by atoms with Gasteiger partial charge in [-0.1, -0.05) is 12.1 Å². The van der Waals surface area contributed by atoms with Gasteiger partial charge in [0.2, 0.25) is 0 Å². The lowest BCUT2D eigenvalue weighted by Crippen LogP contribution is -2.69. The number of methoxy groups -OCH3 is 3. The van der Waals surface area contributed by atoms with Gasteiger partial charge in [-0.05, 0) is 42.3 Å². The molecule has 1 atom stereocenters. The first-order chi connectivity index (χ1) is 16.1. The number of benzene rings is 2. The van der Waals surface area contributed by atoms with Crippen LogP contribution in [0.15, 0.2) is 42.5 Å². The highest BCUT2D eigenvalue weighted by Crippen LogP contribution is 2.34. The van der Waals surface area contributed by atoms with Crippen LogP contribution in [0, 0.1) is 0 Å². The summed E-state index contributed by atoms with van der Waals surface area (Å²) in [6.45, 7) is -0.368. The largest absolute Gasteiger partial charge is 0.497 e. The Labute approximate surface area is 192 Å². The molecule has 0 unspecified atom stereocenters. The van der Waals surface area contributed by atoms with E-state index in [1.807, 2.05) is 0 Å². The predicted octanol–water partition coefficient (Wildman–Crippen LogP) is 2.50. The molecule has 1 aliphatic heterocycles. The Kier molecular flexibility index (Phi) is 6.89. The van der Waals surface area contributed by atoms with E-state index in [4.69, 9.17) is 14.2 Å². The second-order valence-corrected chi connectivity index (χ2v) is 7.26. The number of urea groups is 1. The van der Waals surface area contributed by atoms with Gasteiger partial charge in [-0.3, -0.25) is 19.8 Å². The minimum Gasteiger partial charge on any atom is -0.497 e. The quantitative estimate of drug-likeness (QED) is 0.562. The first-order valence-corrected chi connectivity index (χ1v) is 9.94. The number of amides is 4. The summed E-state index contributed by atoms with van der Waals surface area (Å²) in [6, 6.07) is 8.86. The van der Waals surface area contributed by atoms with E-state index in [-0.39, 0.29) is 24.3 Å². The summed E-state index contributed by atoms with van der Waals surface area (Å²) >= 11 is 0. The molecule has 0 bridgehead atoms. The molecule has 12 heteroatoms. The third-order valence-electron chi connectivity index (χ3n) is 5.24. The van der Waals surface area contributed by atoms with Crippen LogP contribution in [0.1, 0.15) is 15.9 Å². The molecular weight excluding hydrogens is 459 g/mol. The Morgan fingerprint density at radius 2 is 1.74 bits per heavy atom.